The van der Waals surface area contributed by atoms with Gasteiger partial charge in [0.1, 0.15) is 11.2 Å². The Morgan fingerprint density at radius 1 is 1.13 bits per heavy atom. The molecule has 11 heteroatoms. The molecule has 1 aliphatic rings. The Kier molecular flexibility index (Phi) is 4.27. The number of aromatic nitrogens is 5. The second-order valence-electron chi connectivity index (χ2n) is 7.30. The largest absolute Gasteiger partial charge is 0.435 e. The normalized spacial score (nSPS) is 14.2. The lowest BCUT2D eigenvalue weighted by atomic mass is 10.1. The number of amides is 1. The van der Waals surface area contributed by atoms with Crippen LogP contribution in [0.3, 0.4) is 0 Å². The fourth-order valence-corrected chi connectivity index (χ4v) is 3.34. The van der Waals surface area contributed by atoms with Crippen LogP contribution in [-0.2, 0) is 6.18 Å². The molecular formula is C20H14F4N6O. The van der Waals surface area contributed by atoms with Gasteiger partial charge in [0.05, 0.1) is 5.52 Å². The Balaban J connectivity index is 1.42. The summed E-state index contributed by atoms with van der Waals surface area (Å²) in [5.74, 6) is -1.36. The molecule has 0 unspecified atom stereocenters. The van der Waals surface area contributed by atoms with Crippen molar-refractivity contribution in [3.05, 3.63) is 65.2 Å². The molecule has 31 heavy (non-hydrogen) atoms. The number of benzene rings is 2. The smallest absolute Gasteiger partial charge is 0.322 e. The maximum absolute atomic E-state index is 14.8. The summed E-state index contributed by atoms with van der Waals surface area (Å²) >= 11 is 0. The van der Waals surface area contributed by atoms with E-state index >= 15 is 0 Å². The molecule has 7 nitrogen and oxygen atoms in total. The molecule has 2 aromatic carbocycles. The third kappa shape index (κ3) is 3.62. The van der Waals surface area contributed by atoms with Gasteiger partial charge in [-0.2, -0.15) is 18.3 Å². The number of fused-ring (bicyclic) bond motifs is 1. The lowest BCUT2D eigenvalue weighted by Gasteiger charge is -2.11. The molecule has 158 valence electrons. The lowest BCUT2D eigenvalue weighted by Crippen LogP contribution is -2.13. The number of rotatable bonds is 4. The summed E-state index contributed by atoms with van der Waals surface area (Å²) in [6.07, 6.45) is -3.16. The molecule has 0 saturated heterocycles. The highest BCUT2D eigenvalue weighted by atomic mass is 19.4. The van der Waals surface area contributed by atoms with Crippen LogP contribution in [-0.4, -0.2) is 31.1 Å². The molecular weight excluding hydrogens is 416 g/mol. The minimum atomic E-state index is -4.62. The first-order valence-corrected chi connectivity index (χ1v) is 9.39. The Bertz CT molecular complexity index is 1300. The predicted octanol–water partition coefficient (Wildman–Crippen LogP) is 4.43. The number of halogens is 4. The Hall–Kier alpha value is -3.76. The zero-order valence-electron chi connectivity index (χ0n) is 15.7. The lowest BCUT2D eigenvalue weighted by molar-refractivity contribution is -0.141. The van der Waals surface area contributed by atoms with Gasteiger partial charge in [0.15, 0.2) is 11.5 Å². The SMILES string of the molecule is O=C(Nc1ccc(-n2nc(C(F)(F)F)cc2C2CC2)c(F)c1)c1ccc2nn[nH]c2c1. The minimum Gasteiger partial charge on any atom is -0.322 e. The zero-order chi connectivity index (χ0) is 21.8. The molecule has 0 atom stereocenters. The summed E-state index contributed by atoms with van der Waals surface area (Å²) < 4.78 is 55.1. The number of hydrogen-bond acceptors (Lipinski definition) is 4. The van der Waals surface area contributed by atoms with Gasteiger partial charge in [-0.05, 0) is 55.3 Å². The molecule has 5 rings (SSSR count). The van der Waals surface area contributed by atoms with Crippen molar-refractivity contribution in [3.8, 4) is 5.69 Å². The van der Waals surface area contributed by atoms with E-state index in [4.69, 9.17) is 0 Å². The number of aromatic amines is 1. The first-order chi connectivity index (χ1) is 14.8. The first-order valence-electron chi connectivity index (χ1n) is 9.39. The summed E-state index contributed by atoms with van der Waals surface area (Å²) in [6, 6.07) is 9.45. The van der Waals surface area contributed by atoms with Gasteiger partial charge in [0.2, 0.25) is 0 Å². The Morgan fingerprint density at radius 2 is 1.94 bits per heavy atom. The van der Waals surface area contributed by atoms with Crippen molar-refractivity contribution in [2.75, 3.05) is 5.32 Å². The predicted molar refractivity (Wildman–Crippen MR) is 102 cm³/mol. The maximum atomic E-state index is 14.8. The second-order valence-corrected chi connectivity index (χ2v) is 7.30. The van der Waals surface area contributed by atoms with Gasteiger partial charge < -0.3 is 5.32 Å². The Morgan fingerprint density at radius 3 is 2.65 bits per heavy atom. The third-order valence-corrected chi connectivity index (χ3v) is 5.04. The molecule has 4 aromatic rings. The fraction of sp³-hybridized carbons (Fsp3) is 0.200. The van der Waals surface area contributed by atoms with Crippen LogP contribution in [0.2, 0.25) is 0 Å². The van der Waals surface area contributed by atoms with Crippen LogP contribution in [0.1, 0.15) is 40.5 Å². The van der Waals surface area contributed by atoms with Gasteiger partial charge in [0, 0.05) is 22.9 Å². The molecule has 1 fully saturated rings. The number of H-pyrrole nitrogens is 1. The van der Waals surface area contributed by atoms with Crippen molar-refractivity contribution in [1.29, 1.82) is 0 Å². The molecule has 0 spiro atoms. The van der Waals surface area contributed by atoms with E-state index in [1.807, 2.05) is 0 Å². The molecule has 0 radical (unpaired) electrons. The van der Waals surface area contributed by atoms with Crippen molar-refractivity contribution in [1.82, 2.24) is 25.2 Å². The maximum Gasteiger partial charge on any atom is 0.435 e. The quantitative estimate of drug-likeness (QED) is 0.469. The third-order valence-electron chi connectivity index (χ3n) is 5.04. The van der Waals surface area contributed by atoms with Crippen LogP contribution in [0, 0.1) is 5.82 Å². The molecule has 0 aliphatic heterocycles. The van der Waals surface area contributed by atoms with Crippen LogP contribution in [0.4, 0.5) is 23.2 Å². The summed E-state index contributed by atoms with van der Waals surface area (Å²) in [6.45, 7) is 0. The molecule has 0 bridgehead atoms. The summed E-state index contributed by atoms with van der Waals surface area (Å²) in [5, 5.41) is 16.3. The summed E-state index contributed by atoms with van der Waals surface area (Å²) in [7, 11) is 0. The highest BCUT2D eigenvalue weighted by Crippen LogP contribution is 2.43. The van der Waals surface area contributed by atoms with E-state index < -0.39 is 23.6 Å². The van der Waals surface area contributed by atoms with Crippen molar-refractivity contribution < 1.29 is 22.4 Å². The first kappa shape index (κ1) is 19.2. The van der Waals surface area contributed by atoms with E-state index in [1.165, 1.54) is 12.1 Å². The molecule has 1 saturated carbocycles. The number of carbonyl (C=O) groups excluding carboxylic acids is 1. The average Bonchev–Trinajstić information content (AvgIpc) is 3.28. The van der Waals surface area contributed by atoms with Crippen LogP contribution >= 0.6 is 0 Å². The zero-order valence-corrected chi connectivity index (χ0v) is 15.7. The monoisotopic (exact) mass is 430 g/mol. The van der Waals surface area contributed by atoms with Crippen LogP contribution in [0.25, 0.3) is 16.7 Å². The average molecular weight is 430 g/mol. The number of carbonyl (C=O) groups is 1. The van der Waals surface area contributed by atoms with Gasteiger partial charge in [-0.3, -0.25) is 9.89 Å². The number of anilines is 1. The van der Waals surface area contributed by atoms with Gasteiger partial charge >= 0.3 is 6.18 Å². The van der Waals surface area contributed by atoms with Crippen LogP contribution in [0.15, 0.2) is 42.5 Å². The van der Waals surface area contributed by atoms with Gasteiger partial charge in [-0.25, -0.2) is 9.07 Å². The fourth-order valence-electron chi connectivity index (χ4n) is 3.34. The Labute approximate surface area is 172 Å². The molecule has 1 amide bonds. The topological polar surface area (TPSA) is 88.5 Å². The number of nitrogens with one attached hydrogen (secondary N) is 2. The second kappa shape index (κ2) is 6.89. The van der Waals surface area contributed by atoms with Crippen LogP contribution < -0.4 is 5.32 Å². The molecule has 2 aromatic heterocycles. The summed E-state index contributed by atoms with van der Waals surface area (Å²) in [5.41, 5.74) is 0.780. The summed E-state index contributed by atoms with van der Waals surface area (Å²) in [4.78, 5) is 12.5. The van der Waals surface area contributed by atoms with E-state index in [9.17, 15) is 22.4 Å². The molecule has 2 N–H and O–H groups in total. The number of hydrogen-bond donors (Lipinski definition) is 2. The van der Waals surface area contributed by atoms with Crippen LogP contribution in [0.5, 0.6) is 0 Å². The molecule has 2 heterocycles. The van der Waals surface area contributed by atoms with E-state index in [2.05, 4.69) is 25.8 Å². The van der Waals surface area contributed by atoms with Crippen molar-refractivity contribution in [3.63, 3.8) is 0 Å². The van der Waals surface area contributed by atoms with E-state index in [0.717, 1.165) is 29.7 Å². The minimum absolute atomic E-state index is 0.0748. The number of nitrogens with zero attached hydrogens (tertiary/aromatic N) is 4. The van der Waals surface area contributed by atoms with Gasteiger partial charge in [-0.1, -0.05) is 5.21 Å². The standard InChI is InChI=1S/C20H14F4N6O/c21-13-8-12(25-19(31)11-3-5-14-15(7-11)27-29-26-14)4-6-16(13)30-17(10-1-2-10)9-18(28-30)20(22,23)24/h3-10H,1-2H2,(H,25,31)(H,26,27,29). The highest BCUT2D eigenvalue weighted by Gasteiger charge is 2.38. The number of alkyl halides is 3. The van der Waals surface area contributed by atoms with E-state index in [-0.39, 0.29) is 17.3 Å². The van der Waals surface area contributed by atoms with E-state index in [1.54, 1.807) is 18.2 Å². The van der Waals surface area contributed by atoms with Gasteiger partial charge in [0.25, 0.3) is 5.91 Å². The van der Waals surface area contributed by atoms with Crippen molar-refractivity contribution in [2.45, 2.75) is 24.9 Å². The van der Waals surface area contributed by atoms with E-state index in [0.29, 0.717) is 22.3 Å². The highest BCUT2D eigenvalue weighted by molar-refractivity contribution is 6.05. The molecule has 1 aliphatic carbocycles. The van der Waals surface area contributed by atoms with Crippen molar-refractivity contribution in [2.24, 2.45) is 0 Å². The van der Waals surface area contributed by atoms with Crippen molar-refractivity contribution >= 4 is 22.6 Å². The van der Waals surface area contributed by atoms with Gasteiger partial charge in [-0.15, -0.1) is 5.10 Å².